The molecule has 2 aliphatic carbocycles. The number of aromatic nitrogens is 2. The zero-order valence-corrected chi connectivity index (χ0v) is 23.7. The van der Waals surface area contributed by atoms with E-state index in [0.717, 1.165) is 45.0 Å². The van der Waals surface area contributed by atoms with Crippen LogP contribution in [0, 0.1) is 5.92 Å². The molecule has 3 aliphatic rings. The molecular weight excluding hydrogens is 524 g/mol. The summed E-state index contributed by atoms with van der Waals surface area (Å²) in [6.07, 6.45) is 9.21. The molecule has 0 fully saturated rings. The molecule has 1 aliphatic heterocycles. The largest absolute Gasteiger partial charge is 0.457 e. The first kappa shape index (κ1) is 24.3. The lowest BCUT2D eigenvalue weighted by Gasteiger charge is -2.45. The van der Waals surface area contributed by atoms with Gasteiger partial charge in [0, 0.05) is 39.0 Å². The first-order valence-electron chi connectivity index (χ1n) is 14.9. The minimum absolute atomic E-state index is 0.162. The minimum Gasteiger partial charge on any atom is -0.457 e. The van der Waals surface area contributed by atoms with Gasteiger partial charge in [0.15, 0.2) is 5.82 Å². The van der Waals surface area contributed by atoms with Crippen molar-refractivity contribution in [1.82, 2.24) is 9.97 Å². The second kappa shape index (κ2) is 8.86. The molecule has 0 amide bonds. The number of hydrogen-bond donors (Lipinski definition) is 0. The van der Waals surface area contributed by atoms with Crippen LogP contribution in [0.25, 0.3) is 33.5 Å². The highest BCUT2D eigenvalue weighted by atomic mass is 16.5. The van der Waals surface area contributed by atoms with Gasteiger partial charge in [-0.05, 0) is 41.5 Å². The van der Waals surface area contributed by atoms with E-state index in [1.165, 1.54) is 22.3 Å². The molecule has 0 bridgehead atoms. The summed E-state index contributed by atoms with van der Waals surface area (Å²) in [5, 5.41) is 1.03. The van der Waals surface area contributed by atoms with E-state index in [9.17, 15) is 0 Å². The van der Waals surface area contributed by atoms with E-state index in [1.807, 2.05) is 24.3 Å². The lowest BCUT2D eigenvalue weighted by Crippen LogP contribution is -2.42. The summed E-state index contributed by atoms with van der Waals surface area (Å²) < 4.78 is 6.69. The van der Waals surface area contributed by atoms with Gasteiger partial charge in [-0.2, -0.15) is 0 Å². The molecule has 0 N–H and O–H groups in total. The Labute approximate surface area is 250 Å². The summed E-state index contributed by atoms with van der Waals surface area (Å²) in [5.41, 5.74) is 8.40. The second-order valence-electron chi connectivity index (χ2n) is 11.9. The molecule has 204 valence electrons. The van der Waals surface area contributed by atoms with Gasteiger partial charge in [0.25, 0.3) is 0 Å². The Balaban J connectivity index is 1.36. The molecule has 3 heteroatoms. The van der Waals surface area contributed by atoms with Crippen LogP contribution in [0.3, 0.4) is 0 Å². The Bertz CT molecular complexity index is 2150. The van der Waals surface area contributed by atoms with E-state index < -0.39 is 5.41 Å². The summed E-state index contributed by atoms with van der Waals surface area (Å²) >= 11 is 0. The van der Waals surface area contributed by atoms with E-state index >= 15 is 0 Å². The fraction of sp³-hybridized carbons (Fsp3) is 0.100. The monoisotopic (exact) mass is 552 g/mol. The zero-order valence-electron chi connectivity index (χ0n) is 23.7. The Morgan fingerprint density at radius 3 is 2.21 bits per heavy atom. The Hall–Kier alpha value is -5.28. The van der Waals surface area contributed by atoms with Crippen LogP contribution in [-0.2, 0) is 10.8 Å². The summed E-state index contributed by atoms with van der Waals surface area (Å²) in [4.78, 5) is 10.2. The van der Waals surface area contributed by atoms with Gasteiger partial charge in [-0.25, -0.2) is 9.97 Å². The highest BCUT2D eigenvalue weighted by Gasteiger charge is 2.61. The second-order valence-corrected chi connectivity index (χ2v) is 11.9. The lowest BCUT2D eigenvalue weighted by molar-refractivity contribution is 0.329. The maximum atomic E-state index is 6.69. The van der Waals surface area contributed by atoms with Crippen LogP contribution in [0.15, 0.2) is 146 Å². The van der Waals surface area contributed by atoms with Crippen molar-refractivity contribution >= 4 is 10.9 Å². The van der Waals surface area contributed by atoms with Crippen molar-refractivity contribution in [3.8, 4) is 34.1 Å². The quantitative estimate of drug-likeness (QED) is 0.215. The molecule has 1 spiro atoms. The first-order valence-corrected chi connectivity index (χ1v) is 14.9. The van der Waals surface area contributed by atoms with Gasteiger partial charge < -0.3 is 4.74 Å². The van der Waals surface area contributed by atoms with Crippen LogP contribution >= 0.6 is 0 Å². The fourth-order valence-electron chi connectivity index (χ4n) is 7.91. The fourth-order valence-corrected chi connectivity index (χ4v) is 7.91. The Morgan fingerprint density at radius 2 is 1.33 bits per heavy atom. The van der Waals surface area contributed by atoms with Gasteiger partial charge in [0.2, 0.25) is 0 Å². The maximum Gasteiger partial charge on any atom is 0.160 e. The predicted octanol–water partition coefficient (Wildman–Crippen LogP) is 9.42. The SMILES string of the molecule is CC12C=CC=CC1C1(c3ccccc3Oc3ccc(-c4nc(-c5ccccc5)nc5ccccc45)cc31)c1ccccc12. The van der Waals surface area contributed by atoms with E-state index in [0.29, 0.717) is 0 Å². The van der Waals surface area contributed by atoms with Crippen LogP contribution in [-0.4, -0.2) is 9.97 Å². The summed E-state index contributed by atoms with van der Waals surface area (Å²) in [5.74, 6) is 2.71. The van der Waals surface area contributed by atoms with Gasteiger partial charge in [0.05, 0.1) is 16.6 Å². The number of ether oxygens (including phenoxy) is 1. The van der Waals surface area contributed by atoms with Crippen molar-refractivity contribution in [2.75, 3.05) is 0 Å². The van der Waals surface area contributed by atoms with E-state index in [1.54, 1.807) is 0 Å². The first-order chi connectivity index (χ1) is 21.2. The van der Waals surface area contributed by atoms with E-state index in [4.69, 9.17) is 14.7 Å². The van der Waals surface area contributed by atoms with Crippen molar-refractivity contribution in [2.45, 2.75) is 17.8 Å². The van der Waals surface area contributed by atoms with Gasteiger partial charge in [0.1, 0.15) is 11.5 Å². The van der Waals surface area contributed by atoms with Crippen LogP contribution in [0.2, 0.25) is 0 Å². The molecule has 6 aromatic rings. The van der Waals surface area contributed by atoms with Crippen molar-refractivity contribution in [3.63, 3.8) is 0 Å². The predicted molar refractivity (Wildman–Crippen MR) is 172 cm³/mol. The van der Waals surface area contributed by atoms with Crippen molar-refractivity contribution < 1.29 is 4.74 Å². The molecule has 3 atom stereocenters. The maximum absolute atomic E-state index is 6.69. The third kappa shape index (κ3) is 3.25. The van der Waals surface area contributed by atoms with Crippen molar-refractivity contribution in [3.05, 3.63) is 168 Å². The summed E-state index contributed by atoms with van der Waals surface area (Å²) in [6, 6.07) is 42.7. The lowest BCUT2D eigenvalue weighted by atomic mass is 9.59. The topological polar surface area (TPSA) is 35.0 Å². The number of hydrogen-bond acceptors (Lipinski definition) is 3. The smallest absolute Gasteiger partial charge is 0.160 e. The van der Waals surface area contributed by atoms with E-state index in [-0.39, 0.29) is 11.3 Å². The highest BCUT2D eigenvalue weighted by Crippen LogP contribution is 2.66. The number of fused-ring (bicyclic) bond motifs is 10. The van der Waals surface area contributed by atoms with Crippen molar-refractivity contribution in [1.29, 1.82) is 0 Å². The number of benzene rings is 5. The molecule has 5 aromatic carbocycles. The molecule has 0 saturated heterocycles. The standard InChI is InChI=1S/C40H28N2O/c1-39-24-12-11-21-36(39)40(30-17-7-6-16-29(30)39)31-18-8-10-20-34(31)43-35-23-22-27(25-32(35)40)37-28-15-5-9-19-33(28)41-38(42-37)26-13-3-2-4-14-26/h2-25,36H,1H3. The number of allylic oxidation sites excluding steroid dienone is 4. The number of nitrogens with zero attached hydrogens (tertiary/aromatic N) is 2. The zero-order chi connectivity index (χ0) is 28.6. The average molecular weight is 553 g/mol. The van der Waals surface area contributed by atoms with Crippen LogP contribution in [0.1, 0.15) is 29.2 Å². The normalized spacial score (nSPS) is 22.5. The van der Waals surface area contributed by atoms with Gasteiger partial charge >= 0.3 is 0 Å². The third-order valence-electron chi connectivity index (χ3n) is 9.75. The van der Waals surface area contributed by atoms with Crippen LogP contribution in [0.5, 0.6) is 11.5 Å². The van der Waals surface area contributed by atoms with Gasteiger partial charge in [-0.15, -0.1) is 0 Å². The summed E-state index contributed by atoms with van der Waals surface area (Å²) in [6.45, 7) is 2.39. The Kier molecular flexibility index (Phi) is 5.01. The molecular formula is C40H28N2O. The molecule has 2 heterocycles. The van der Waals surface area contributed by atoms with Crippen molar-refractivity contribution in [2.24, 2.45) is 5.92 Å². The van der Waals surface area contributed by atoms with Gasteiger partial charge in [-0.3, -0.25) is 0 Å². The third-order valence-corrected chi connectivity index (χ3v) is 9.75. The molecule has 43 heavy (non-hydrogen) atoms. The molecule has 0 radical (unpaired) electrons. The van der Waals surface area contributed by atoms with Crippen LogP contribution < -0.4 is 4.74 Å². The summed E-state index contributed by atoms with van der Waals surface area (Å²) in [7, 11) is 0. The molecule has 1 aromatic heterocycles. The van der Waals surface area contributed by atoms with E-state index in [2.05, 4.69) is 128 Å². The van der Waals surface area contributed by atoms with Gasteiger partial charge in [-0.1, -0.05) is 122 Å². The number of para-hydroxylation sites is 2. The highest BCUT2D eigenvalue weighted by molar-refractivity contribution is 5.94. The molecule has 0 saturated carbocycles. The Morgan fingerprint density at radius 1 is 0.605 bits per heavy atom. The molecule has 3 nitrogen and oxygen atoms in total. The minimum atomic E-state index is -0.433. The van der Waals surface area contributed by atoms with Crippen LogP contribution in [0.4, 0.5) is 0 Å². The number of rotatable bonds is 2. The molecule has 3 unspecified atom stereocenters. The average Bonchev–Trinajstić information content (AvgIpc) is 3.30. The molecule has 9 rings (SSSR count).